The van der Waals surface area contributed by atoms with Crippen molar-refractivity contribution in [2.24, 2.45) is 0 Å². The number of aromatic nitrogens is 1. The predicted molar refractivity (Wildman–Crippen MR) is 105 cm³/mol. The highest BCUT2D eigenvalue weighted by molar-refractivity contribution is 6.51. The molecule has 1 aromatic carbocycles. The molecule has 0 saturated carbocycles. The Labute approximate surface area is 166 Å². The van der Waals surface area contributed by atoms with Gasteiger partial charge in [0, 0.05) is 23.6 Å². The molecule has 0 aliphatic carbocycles. The number of benzene rings is 1. The quantitative estimate of drug-likeness (QED) is 0.416. The number of pyridine rings is 1. The van der Waals surface area contributed by atoms with Crippen LogP contribution in [-0.4, -0.2) is 28.9 Å². The number of ketones is 1. The molecule has 0 bridgehead atoms. The van der Waals surface area contributed by atoms with Gasteiger partial charge in [-0.05, 0) is 55.5 Å². The van der Waals surface area contributed by atoms with E-state index in [2.05, 4.69) is 4.98 Å². The maximum Gasteiger partial charge on any atom is 0.300 e. The first-order chi connectivity index (χ1) is 14.0. The van der Waals surface area contributed by atoms with E-state index < -0.39 is 17.7 Å². The van der Waals surface area contributed by atoms with Crippen molar-refractivity contribution in [3.63, 3.8) is 0 Å². The molecule has 29 heavy (non-hydrogen) atoms. The number of Topliss-reactive ketones (excluding diaryl/α,β-unsaturated/α-hetero) is 1. The van der Waals surface area contributed by atoms with Crippen molar-refractivity contribution in [3.05, 3.63) is 83.6 Å². The zero-order chi connectivity index (χ0) is 20.5. The molecule has 0 radical (unpaired) electrons. The number of carbonyl (C=O) groups excluding carboxylic acids is 2. The molecule has 7 heteroatoms. The van der Waals surface area contributed by atoms with Crippen LogP contribution in [0.25, 0.3) is 5.76 Å². The Morgan fingerprint density at radius 2 is 1.76 bits per heavy atom. The monoisotopic (exact) mass is 390 g/mol. The number of hydrogen-bond acceptors (Lipinski definition) is 6. The van der Waals surface area contributed by atoms with Crippen molar-refractivity contribution in [1.29, 1.82) is 0 Å². The predicted octanol–water partition coefficient (Wildman–Crippen LogP) is 3.62. The number of methoxy groups -OCH3 is 1. The van der Waals surface area contributed by atoms with E-state index in [1.807, 2.05) is 0 Å². The van der Waals surface area contributed by atoms with E-state index in [0.717, 1.165) is 0 Å². The third kappa shape index (κ3) is 3.16. The Bertz CT molecular complexity index is 1100. The average molecular weight is 390 g/mol. The number of furan rings is 1. The fourth-order valence-corrected chi connectivity index (χ4v) is 3.38. The summed E-state index contributed by atoms with van der Waals surface area (Å²) in [6, 6.07) is 12.4. The number of hydrogen-bond donors (Lipinski definition) is 1. The minimum Gasteiger partial charge on any atom is -0.507 e. The van der Waals surface area contributed by atoms with Crippen LogP contribution in [-0.2, 0) is 9.59 Å². The average Bonchev–Trinajstić information content (AvgIpc) is 3.29. The second-order valence-electron chi connectivity index (χ2n) is 6.55. The zero-order valence-corrected chi connectivity index (χ0v) is 15.8. The third-order valence-corrected chi connectivity index (χ3v) is 4.78. The van der Waals surface area contributed by atoms with E-state index >= 15 is 0 Å². The van der Waals surface area contributed by atoms with Gasteiger partial charge in [-0.2, -0.15) is 0 Å². The number of anilines is 1. The number of nitrogens with zero attached hydrogens (tertiary/aromatic N) is 2. The Hall–Kier alpha value is -3.87. The van der Waals surface area contributed by atoms with Crippen molar-refractivity contribution >= 4 is 23.1 Å². The number of rotatable bonds is 4. The van der Waals surface area contributed by atoms with E-state index in [4.69, 9.17) is 9.15 Å². The molecule has 1 amide bonds. The minimum absolute atomic E-state index is 0.0358. The third-order valence-electron chi connectivity index (χ3n) is 4.78. The maximum atomic E-state index is 12.9. The van der Waals surface area contributed by atoms with Gasteiger partial charge in [0.15, 0.2) is 0 Å². The molecule has 1 fully saturated rings. The SMILES string of the molecule is COc1ccc(N2C(=O)C(=O)/C(=C(\O)c3ccncc3)C2c2ccc(C)o2)cc1. The molecular formula is C22H18N2O5. The summed E-state index contributed by atoms with van der Waals surface area (Å²) in [6.45, 7) is 1.77. The Morgan fingerprint density at radius 1 is 1.07 bits per heavy atom. The van der Waals surface area contributed by atoms with Gasteiger partial charge in [0.05, 0.1) is 12.7 Å². The van der Waals surface area contributed by atoms with Gasteiger partial charge < -0.3 is 14.3 Å². The van der Waals surface area contributed by atoms with E-state index in [-0.39, 0.29) is 11.3 Å². The normalized spacial score (nSPS) is 18.3. The van der Waals surface area contributed by atoms with E-state index in [1.165, 1.54) is 17.3 Å². The largest absolute Gasteiger partial charge is 0.507 e. The molecule has 146 valence electrons. The summed E-state index contributed by atoms with van der Waals surface area (Å²) in [5.74, 6) is -0.176. The lowest BCUT2D eigenvalue weighted by Crippen LogP contribution is -2.29. The standard InChI is InChI=1S/C22H18N2O5/c1-13-3-8-17(29-13)19-18(20(25)14-9-11-23-12-10-14)21(26)22(27)24(19)15-4-6-16(28-2)7-5-15/h3-12,19,25H,1-2H3/b20-18-. The summed E-state index contributed by atoms with van der Waals surface area (Å²) >= 11 is 0. The summed E-state index contributed by atoms with van der Waals surface area (Å²) in [5.41, 5.74) is 0.841. The van der Waals surface area contributed by atoms with Crippen LogP contribution < -0.4 is 9.64 Å². The minimum atomic E-state index is -0.898. The lowest BCUT2D eigenvalue weighted by molar-refractivity contribution is -0.132. The Morgan fingerprint density at radius 3 is 2.34 bits per heavy atom. The first-order valence-electron chi connectivity index (χ1n) is 8.93. The number of aliphatic hydroxyl groups excluding tert-OH is 1. The highest BCUT2D eigenvalue weighted by Gasteiger charge is 2.48. The van der Waals surface area contributed by atoms with Crippen LogP contribution >= 0.6 is 0 Å². The second kappa shape index (κ2) is 7.27. The van der Waals surface area contributed by atoms with Crippen molar-refractivity contribution < 1.29 is 23.8 Å². The number of ether oxygens (including phenoxy) is 1. The van der Waals surface area contributed by atoms with Crippen LogP contribution in [0, 0.1) is 6.92 Å². The lowest BCUT2D eigenvalue weighted by atomic mass is 9.99. The summed E-state index contributed by atoms with van der Waals surface area (Å²) in [4.78, 5) is 31.1. The molecule has 7 nitrogen and oxygen atoms in total. The van der Waals surface area contributed by atoms with Crippen LogP contribution in [0.1, 0.15) is 23.1 Å². The molecule has 1 aliphatic heterocycles. The topological polar surface area (TPSA) is 92.9 Å². The smallest absolute Gasteiger partial charge is 0.300 e. The maximum absolute atomic E-state index is 12.9. The van der Waals surface area contributed by atoms with Gasteiger partial charge in [0.1, 0.15) is 29.1 Å². The lowest BCUT2D eigenvalue weighted by Gasteiger charge is -2.23. The molecule has 1 aliphatic rings. The van der Waals surface area contributed by atoms with Crippen LogP contribution in [0.15, 0.2) is 70.9 Å². The van der Waals surface area contributed by atoms with Crippen molar-refractivity contribution in [3.8, 4) is 5.75 Å². The van der Waals surface area contributed by atoms with Gasteiger partial charge in [-0.1, -0.05) is 0 Å². The van der Waals surface area contributed by atoms with Gasteiger partial charge in [0.2, 0.25) is 0 Å². The van der Waals surface area contributed by atoms with Crippen molar-refractivity contribution in [2.75, 3.05) is 12.0 Å². The molecular weight excluding hydrogens is 372 g/mol. The molecule has 1 N–H and O–H groups in total. The van der Waals surface area contributed by atoms with Gasteiger partial charge in [-0.3, -0.25) is 19.5 Å². The zero-order valence-electron chi connectivity index (χ0n) is 15.8. The summed E-state index contributed by atoms with van der Waals surface area (Å²) in [5, 5.41) is 10.9. The second-order valence-corrected chi connectivity index (χ2v) is 6.55. The van der Waals surface area contributed by atoms with E-state index in [0.29, 0.717) is 28.5 Å². The summed E-state index contributed by atoms with van der Waals surface area (Å²) in [7, 11) is 1.54. The van der Waals surface area contributed by atoms with Gasteiger partial charge in [-0.15, -0.1) is 0 Å². The first-order valence-corrected chi connectivity index (χ1v) is 8.93. The van der Waals surface area contributed by atoms with E-state index in [9.17, 15) is 14.7 Å². The molecule has 3 aromatic rings. The van der Waals surface area contributed by atoms with Crippen LogP contribution in [0.4, 0.5) is 5.69 Å². The fourth-order valence-electron chi connectivity index (χ4n) is 3.38. The first kappa shape index (κ1) is 18.5. The number of aliphatic hydroxyl groups is 1. The molecule has 4 rings (SSSR count). The summed E-state index contributed by atoms with van der Waals surface area (Å²) < 4.78 is 10.9. The molecule has 3 heterocycles. The number of aryl methyl sites for hydroxylation is 1. The van der Waals surface area contributed by atoms with E-state index in [1.54, 1.807) is 62.6 Å². The Balaban J connectivity index is 1.91. The summed E-state index contributed by atoms with van der Waals surface area (Å²) in [6.07, 6.45) is 3.00. The van der Waals surface area contributed by atoms with Crippen molar-refractivity contribution in [2.45, 2.75) is 13.0 Å². The highest BCUT2D eigenvalue weighted by atomic mass is 16.5. The van der Waals surface area contributed by atoms with Gasteiger partial charge in [-0.25, -0.2) is 0 Å². The van der Waals surface area contributed by atoms with Gasteiger partial charge in [0.25, 0.3) is 11.7 Å². The number of carbonyl (C=O) groups is 2. The van der Waals surface area contributed by atoms with Gasteiger partial charge >= 0.3 is 0 Å². The molecule has 0 spiro atoms. The van der Waals surface area contributed by atoms with Crippen molar-refractivity contribution in [1.82, 2.24) is 4.98 Å². The molecule has 1 saturated heterocycles. The molecule has 1 unspecified atom stereocenters. The molecule has 1 atom stereocenters. The Kier molecular flexibility index (Phi) is 4.64. The van der Waals surface area contributed by atoms with Crippen LogP contribution in [0.3, 0.4) is 0 Å². The number of amides is 1. The highest BCUT2D eigenvalue weighted by Crippen LogP contribution is 2.42. The fraction of sp³-hybridized carbons (Fsp3) is 0.136. The van der Waals surface area contributed by atoms with Crippen LogP contribution in [0.5, 0.6) is 5.75 Å². The van der Waals surface area contributed by atoms with Crippen LogP contribution in [0.2, 0.25) is 0 Å². The molecule has 2 aromatic heterocycles.